The van der Waals surface area contributed by atoms with E-state index in [9.17, 15) is 4.79 Å². The lowest BCUT2D eigenvalue weighted by Gasteiger charge is -2.05. The predicted molar refractivity (Wildman–Crippen MR) is 55.5 cm³/mol. The first kappa shape index (κ1) is 9.57. The number of carbonyl (C=O) groups is 1. The molecule has 0 spiro atoms. The van der Waals surface area contributed by atoms with E-state index in [1.54, 1.807) is 4.68 Å². The lowest BCUT2D eigenvalue weighted by molar-refractivity contribution is 0.111. The molecule has 0 radical (unpaired) electrons. The highest BCUT2D eigenvalue weighted by Gasteiger charge is 2.15. The summed E-state index contributed by atoms with van der Waals surface area (Å²) in [6.45, 7) is 3.92. The molecule has 2 N–H and O–H groups in total. The maximum absolute atomic E-state index is 10.8. The van der Waals surface area contributed by atoms with Gasteiger partial charge in [-0.15, -0.1) is 0 Å². The summed E-state index contributed by atoms with van der Waals surface area (Å²) in [7, 11) is 0. The van der Waals surface area contributed by atoms with Gasteiger partial charge in [-0.2, -0.15) is 5.10 Å². The summed E-state index contributed by atoms with van der Waals surface area (Å²) in [6.07, 6.45) is 2.04. The van der Waals surface area contributed by atoms with Gasteiger partial charge in [0, 0.05) is 6.04 Å². The van der Waals surface area contributed by atoms with Gasteiger partial charge < -0.3 is 5.73 Å². The van der Waals surface area contributed by atoms with Gasteiger partial charge in [0.05, 0.1) is 5.39 Å². The Hall–Kier alpha value is -1.98. The number of nitrogen functional groups attached to an aromatic ring is 1. The number of carbonyl (C=O) groups excluding carboxylic acids is 1. The minimum atomic E-state index is 0.121. The molecule has 6 nitrogen and oxygen atoms in total. The first-order valence-corrected chi connectivity index (χ1v) is 4.59. The lowest BCUT2D eigenvalue weighted by atomic mass is 10.3. The number of nitrogens with two attached hydrogens (primary N) is 1. The van der Waals surface area contributed by atoms with Crippen LogP contribution < -0.4 is 5.73 Å². The zero-order chi connectivity index (χ0) is 11.0. The Labute approximate surface area is 86.1 Å². The zero-order valence-electron chi connectivity index (χ0n) is 8.51. The summed E-state index contributed by atoms with van der Waals surface area (Å²) in [5.74, 6) is 0.286. The number of hydrogen-bond donors (Lipinski definition) is 1. The van der Waals surface area contributed by atoms with E-state index in [-0.39, 0.29) is 17.6 Å². The molecule has 0 aromatic carbocycles. The molecule has 0 aliphatic heterocycles. The second kappa shape index (κ2) is 3.30. The van der Waals surface area contributed by atoms with Crippen molar-refractivity contribution in [2.24, 2.45) is 0 Å². The van der Waals surface area contributed by atoms with Crippen molar-refractivity contribution in [3.63, 3.8) is 0 Å². The van der Waals surface area contributed by atoms with Crippen LogP contribution in [0.5, 0.6) is 0 Å². The molecule has 0 aliphatic carbocycles. The van der Waals surface area contributed by atoms with Crippen LogP contribution in [0.15, 0.2) is 6.33 Å². The van der Waals surface area contributed by atoms with Crippen LogP contribution >= 0.6 is 0 Å². The number of hydrogen-bond acceptors (Lipinski definition) is 5. The quantitative estimate of drug-likeness (QED) is 0.733. The Morgan fingerprint density at radius 1 is 1.47 bits per heavy atom. The predicted octanol–water partition coefficient (Wildman–Crippen LogP) is 0.802. The van der Waals surface area contributed by atoms with Crippen LogP contribution in [0, 0.1) is 0 Å². The first-order chi connectivity index (χ1) is 7.15. The second-order valence-electron chi connectivity index (χ2n) is 3.50. The molecule has 0 unspecified atom stereocenters. The third-order valence-corrected chi connectivity index (χ3v) is 2.15. The van der Waals surface area contributed by atoms with Gasteiger partial charge in [-0.3, -0.25) is 4.79 Å². The van der Waals surface area contributed by atoms with E-state index in [2.05, 4.69) is 15.1 Å². The highest BCUT2D eigenvalue weighted by molar-refractivity contribution is 5.99. The summed E-state index contributed by atoms with van der Waals surface area (Å²) >= 11 is 0. The zero-order valence-corrected chi connectivity index (χ0v) is 8.51. The van der Waals surface area contributed by atoms with Crippen molar-refractivity contribution in [1.82, 2.24) is 19.7 Å². The summed E-state index contributed by atoms with van der Waals surface area (Å²) in [6, 6.07) is 0.121. The van der Waals surface area contributed by atoms with E-state index >= 15 is 0 Å². The SMILES string of the molecule is CC(C)n1nc(C=O)c2c(N)ncnc21. The van der Waals surface area contributed by atoms with Gasteiger partial charge in [-0.25, -0.2) is 14.6 Å². The van der Waals surface area contributed by atoms with E-state index in [0.717, 1.165) is 0 Å². The summed E-state index contributed by atoms with van der Waals surface area (Å²) in [5.41, 5.74) is 6.57. The Bertz CT molecular complexity index is 516. The molecule has 6 heteroatoms. The molecule has 0 saturated heterocycles. The normalized spacial score (nSPS) is 11.1. The van der Waals surface area contributed by atoms with Gasteiger partial charge in [0.25, 0.3) is 0 Å². The maximum atomic E-state index is 10.8. The molecule has 0 bridgehead atoms. The number of aromatic nitrogens is 4. The van der Waals surface area contributed by atoms with Crippen LogP contribution in [0.3, 0.4) is 0 Å². The Kier molecular flexibility index (Phi) is 2.11. The summed E-state index contributed by atoms with van der Waals surface area (Å²) in [5, 5.41) is 4.66. The van der Waals surface area contributed by atoms with Crippen molar-refractivity contribution in [2.45, 2.75) is 19.9 Å². The minimum absolute atomic E-state index is 0.121. The van der Waals surface area contributed by atoms with Gasteiger partial charge in [0.1, 0.15) is 17.8 Å². The highest BCUT2D eigenvalue weighted by Crippen LogP contribution is 2.22. The molecule has 0 aliphatic rings. The molecule has 15 heavy (non-hydrogen) atoms. The third kappa shape index (κ3) is 1.34. The molecule has 2 heterocycles. The molecule has 0 fully saturated rings. The van der Waals surface area contributed by atoms with Gasteiger partial charge in [-0.1, -0.05) is 0 Å². The Balaban J connectivity index is 2.87. The van der Waals surface area contributed by atoms with Crippen molar-refractivity contribution < 1.29 is 4.79 Å². The van der Waals surface area contributed by atoms with Crippen LogP contribution in [0.2, 0.25) is 0 Å². The molecule has 0 atom stereocenters. The van der Waals surface area contributed by atoms with E-state index in [1.165, 1.54) is 6.33 Å². The van der Waals surface area contributed by atoms with E-state index in [1.807, 2.05) is 13.8 Å². The number of aldehydes is 1. The smallest absolute Gasteiger partial charge is 0.171 e. The second-order valence-corrected chi connectivity index (χ2v) is 3.50. The Morgan fingerprint density at radius 3 is 2.80 bits per heavy atom. The fourth-order valence-corrected chi connectivity index (χ4v) is 1.46. The molecule has 0 amide bonds. The highest BCUT2D eigenvalue weighted by atomic mass is 16.1. The first-order valence-electron chi connectivity index (χ1n) is 4.59. The van der Waals surface area contributed by atoms with Crippen LogP contribution in [-0.4, -0.2) is 26.0 Å². The molecular weight excluding hydrogens is 194 g/mol. The standard InChI is InChI=1S/C9H11N5O/c1-5(2)14-9-7(6(3-15)13-14)8(10)11-4-12-9/h3-5H,1-2H3,(H2,10,11,12). The molecular formula is C9H11N5O. The van der Waals surface area contributed by atoms with Crippen LogP contribution in [-0.2, 0) is 0 Å². The molecule has 0 saturated carbocycles. The lowest BCUT2D eigenvalue weighted by Crippen LogP contribution is -2.04. The number of fused-ring (bicyclic) bond motifs is 1. The average molecular weight is 205 g/mol. The summed E-state index contributed by atoms with van der Waals surface area (Å²) in [4.78, 5) is 18.7. The number of anilines is 1. The van der Waals surface area contributed by atoms with E-state index < -0.39 is 0 Å². The molecule has 2 rings (SSSR count). The van der Waals surface area contributed by atoms with Crippen molar-refractivity contribution in [3.8, 4) is 0 Å². The van der Waals surface area contributed by atoms with Crippen molar-refractivity contribution >= 4 is 23.1 Å². The van der Waals surface area contributed by atoms with Gasteiger partial charge >= 0.3 is 0 Å². The van der Waals surface area contributed by atoms with Crippen LogP contribution in [0.25, 0.3) is 11.0 Å². The summed E-state index contributed by atoms with van der Waals surface area (Å²) < 4.78 is 1.66. The maximum Gasteiger partial charge on any atom is 0.171 e. The Morgan fingerprint density at radius 2 is 2.20 bits per heavy atom. The molecule has 78 valence electrons. The molecule has 2 aromatic heterocycles. The fraction of sp³-hybridized carbons (Fsp3) is 0.333. The molecule has 2 aromatic rings. The average Bonchev–Trinajstić information content (AvgIpc) is 2.58. The van der Waals surface area contributed by atoms with E-state index in [4.69, 9.17) is 5.73 Å². The van der Waals surface area contributed by atoms with Crippen molar-refractivity contribution in [1.29, 1.82) is 0 Å². The third-order valence-electron chi connectivity index (χ3n) is 2.15. The van der Waals surface area contributed by atoms with Crippen LogP contribution in [0.1, 0.15) is 30.4 Å². The van der Waals surface area contributed by atoms with Gasteiger partial charge in [-0.05, 0) is 13.8 Å². The van der Waals surface area contributed by atoms with Crippen molar-refractivity contribution in [2.75, 3.05) is 5.73 Å². The van der Waals surface area contributed by atoms with E-state index in [0.29, 0.717) is 17.3 Å². The topological polar surface area (TPSA) is 86.7 Å². The van der Waals surface area contributed by atoms with Crippen molar-refractivity contribution in [3.05, 3.63) is 12.0 Å². The minimum Gasteiger partial charge on any atom is -0.383 e. The number of rotatable bonds is 2. The monoisotopic (exact) mass is 205 g/mol. The van der Waals surface area contributed by atoms with Gasteiger partial charge in [0.2, 0.25) is 0 Å². The largest absolute Gasteiger partial charge is 0.383 e. The number of nitrogens with zero attached hydrogens (tertiary/aromatic N) is 4. The fourth-order valence-electron chi connectivity index (χ4n) is 1.46. The van der Waals surface area contributed by atoms with Gasteiger partial charge in [0.15, 0.2) is 11.9 Å². The van der Waals surface area contributed by atoms with Crippen LogP contribution in [0.4, 0.5) is 5.82 Å².